The number of rotatable bonds is 5. The number of primary amides is 1. The summed E-state index contributed by atoms with van der Waals surface area (Å²) < 4.78 is 41.0. The predicted octanol–water partition coefficient (Wildman–Crippen LogP) is 2.68. The summed E-state index contributed by atoms with van der Waals surface area (Å²) in [6.45, 7) is 0. The topological polar surface area (TPSA) is 63.3 Å². The average Bonchev–Trinajstić information content (AvgIpc) is 2.49. The molecule has 0 aliphatic heterocycles. The number of carbonyl (C=O) groups is 1. The molecular weight excluding hydrogens is 295 g/mol. The molecule has 3 nitrogen and oxygen atoms in total. The molecule has 1 amide bonds. The third-order valence-corrected chi connectivity index (χ3v) is 3.31. The minimum absolute atomic E-state index is 0.0649. The average molecular weight is 309 g/mol. The van der Waals surface area contributed by atoms with Gasteiger partial charge in [-0.3, -0.25) is 4.79 Å². The Kier molecular flexibility index (Phi) is 4.82. The quantitative estimate of drug-likeness (QED) is 0.892. The van der Waals surface area contributed by atoms with Crippen LogP contribution in [0.1, 0.15) is 27.6 Å². The number of aliphatic hydroxyl groups excluding tert-OH is 1. The van der Waals surface area contributed by atoms with Gasteiger partial charge in [0.15, 0.2) is 0 Å². The summed E-state index contributed by atoms with van der Waals surface area (Å²) in [6.07, 6.45) is -3.79. The number of hydrogen-bond acceptors (Lipinski definition) is 2. The van der Waals surface area contributed by atoms with E-state index >= 15 is 0 Å². The van der Waals surface area contributed by atoms with E-state index < -0.39 is 36.2 Å². The molecule has 0 aromatic heterocycles. The Bertz CT molecular complexity index is 674. The highest BCUT2D eigenvalue weighted by atomic mass is 19.1. The molecule has 116 valence electrons. The molecular formula is C16H14F3NO2. The normalized spacial score (nSPS) is 13.6. The second-order valence-corrected chi connectivity index (χ2v) is 4.86. The third-order valence-electron chi connectivity index (χ3n) is 3.31. The maximum Gasteiger partial charge on any atom is 0.251 e. The molecule has 2 unspecified atom stereocenters. The van der Waals surface area contributed by atoms with Crippen molar-refractivity contribution in [2.24, 2.45) is 5.73 Å². The standard InChI is InChI=1S/C16H14F3NO2/c17-11-6-4-9(5-7-11)15(21)13(18)8-10-2-1-3-12(14(10)19)16(20)22/h1-7,13,15,21H,8H2,(H2,20,22). The van der Waals surface area contributed by atoms with E-state index in [0.717, 1.165) is 12.1 Å². The highest BCUT2D eigenvalue weighted by molar-refractivity contribution is 5.93. The smallest absolute Gasteiger partial charge is 0.251 e. The lowest BCUT2D eigenvalue weighted by Gasteiger charge is -2.17. The summed E-state index contributed by atoms with van der Waals surface area (Å²) in [6, 6.07) is 8.59. The summed E-state index contributed by atoms with van der Waals surface area (Å²) in [5, 5.41) is 9.90. The summed E-state index contributed by atoms with van der Waals surface area (Å²) in [5.41, 5.74) is 4.81. The van der Waals surface area contributed by atoms with Crippen molar-refractivity contribution in [1.29, 1.82) is 0 Å². The van der Waals surface area contributed by atoms with Crippen LogP contribution in [0.5, 0.6) is 0 Å². The van der Waals surface area contributed by atoms with Crippen molar-refractivity contribution in [3.63, 3.8) is 0 Å². The Balaban J connectivity index is 2.18. The SMILES string of the molecule is NC(=O)c1cccc(CC(F)C(O)c2ccc(F)cc2)c1F. The number of hydrogen-bond donors (Lipinski definition) is 2. The van der Waals surface area contributed by atoms with Gasteiger partial charge in [-0.05, 0) is 29.3 Å². The van der Waals surface area contributed by atoms with Crippen LogP contribution in [-0.2, 0) is 6.42 Å². The van der Waals surface area contributed by atoms with Crippen molar-refractivity contribution in [3.8, 4) is 0 Å². The molecule has 0 heterocycles. The van der Waals surface area contributed by atoms with Gasteiger partial charge in [0.2, 0.25) is 0 Å². The van der Waals surface area contributed by atoms with Crippen LogP contribution >= 0.6 is 0 Å². The molecule has 0 saturated carbocycles. The van der Waals surface area contributed by atoms with E-state index in [1.54, 1.807) is 0 Å². The van der Waals surface area contributed by atoms with Crippen LogP contribution in [0.15, 0.2) is 42.5 Å². The van der Waals surface area contributed by atoms with Crippen LogP contribution in [0.3, 0.4) is 0 Å². The highest BCUT2D eigenvalue weighted by Gasteiger charge is 2.23. The maximum atomic E-state index is 14.2. The monoisotopic (exact) mass is 309 g/mol. The predicted molar refractivity (Wildman–Crippen MR) is 74.9 cm³/mol. The van der Waals surface area contributed by atoms with Crippen molar-refractivity contribution in [2.45, 2.75) is 18.7 Å². The van der Waals surface area contributed by atoms with Crippen molar-refractivity contribution >= 4 is 5.91 Å². The zero-order chi connectivity index (χ0) is 16.3. The van der Waals surface area contributed by atoms with Gasteiger partial charge < -0.3 is 10.8 Å². The Morgan fingerprint density at radius 3 is 2.36 bits per heavy atom. The van der Waals surface area contributed by atoms with Gasteiger partial charge in [-0.15, -0.1) is 0 Å². The molecule has 6 heteroatoms. The molecule has 0 fully saturated rings. The first-order valence-electron chi connectivity index (χ1n) is 6.55. The summed E-state index contributed by atoms with van der Waals surface area (Å²) in [5.74, 6) is -2.36. The van der Waals surface area contributed by atoms with Gasteiger partial charge in [-0.1, -0.05) is 24.3 Å². The molecule has 0 spiro atoms. The fourth-order valence-electron chi connectivity index (χ4n) is 2.12. The first kappa shape index (κ1) is 16.0. The van der Waals surface area contributed by atoms with Crippen LogP contribution in [0.25, 0.3) is 0 Å². The van der Waals surface area contributed by atoms with Crippen LogP contribution in [0, 0.1) is 11.6 Å². The van der Waals surface area contributed by atoms with Gasteiger partial charge in [0.05, 0.1) is 5.56 Å². The summed E-state index contributed by atoms with van der Waals surface area (Å²) in [7, 11) is 0. The zero-order valence-electron chi connectivity index (χ0n) is 11.5. The summed E-state index contributed by atoms with van der Waals surface area (Å²) >= 11 is 0. The molecule has 2 atom stereocenters. The van der Waals surface area contributed by atoms with E-state index in [1.165, 1.54) is 30.3 Å². The Hall–Kier alpha value is -2.34. The molecule has 0 radical (unpaired) electrons. The van der Waals surface area contributed by atoms with Gasteiger partial charge >= 0.3 is 0 Å². The number of amides is 1. The fraction of sp³-hybridized carbons (Fsp3) is 0.188. The minimum Gasteiger partial charge on any atom is -0.385 e. The van der Waals surface area contributed by atoms with Crippen molar-refractivity contribution in [1.82, 2.24) is 0 Å². The second kappa shape index (κ2) is 6.62. The Morgan fingerprint density at radius 2 is 1.77 bits per heavy atom. The van der Waals surface area contributed by atoms with E-state index in [2.05, 4.69) is 0 Å². The second-order valence-electron chi connectivity index (χ2n) is 4.86. The third kappa shape index (κ3) is 3.46. The molecule has 2 aromatic rings. The molecule has 3 N–H and O–H groups in total. The van der Waals surface area contributed by atoms with Crippen molar-refractivity contribution in [3.05, 3.63) is 70.8 Å². The molecule has 0 bridgehead atoms. The van der Waals surface area contributed by atoms with E-state index in [9.17, 15) is 23.1 Å². The van der Waals surface area contributed by atoms with Gasteiger partial charge in [0, 0.05) is 6.42 Å². The first-order valence-corrected chi connectivity index (χ1v) is 6.55. The van der Waals surface area contributed by atoms with Gasteiger partial charge in [-0.2, -0.15) is 0 Å². The van der Waals surface area contributed by atoms with Crippen LogP contribution in [0.4, 0.5) is 13.2 Å². The highest BCUT2D eigenvalue weighted by Crippen LogP contribution is 2.24. The van der Waals surface area contributed by atoms with E-state index in [0.29, 0.717) is 0 Å². The van der Waals surface area contributed by atoms with E-state index in [-0.39, 0.29) is 16.7 Å². The maximum absolute atomic E-state index is 14.2. The van der Waals surface area contributed by atoms with Crippen molar-refractivity contribution in [2.75, 3.05) is 0 Å². The van der Waals surface area contributed by atoms with E-state index in [1.807, 2.05) is 0 Å². The summed E-state index contributed by atoms with van der Waals surface area (Å²) in [4.78, 5) is 11.1. The number of aliphatic hydroxyl groups is 1. The largest absolute Gasteiger partial charge is 0.385 e. The molecule has 0 aliphatic carbocycles. The van der Waals surface area contributed by atoms with Crippen LogP contribution < -0.4 is 5.73 Å². The Labute approximate surface area is 125 Å². The number of benzene rings is 2. The van der Waals surface area contributed by atoms with E-state index in [4.69, 9.17) is 5.73 Å². The van der Waals surface area contributed by atoms with Crippen molar-refractivity contribution < 1.29 is 23.1 Å². The molecule has 2 rings (SSSR count). The minimum atomic E-state index is -1.82. The number of alkyl halides is 1. The van der Waals surface area contributed by atoms with Crippen LogP contribution in [0.2, 0.25) is 0 Å². The number of carbonyl (C=O) groups excluding carboxylic acids is 1. The lowest BCUT2D eigenvalue weighted by molar-refractivity contribution is 0.0771. The number of nitrogens with two attached hydrogens (primary N) is 1. The lowest BCUT2D eigenvalue weighted by Crippen LogP contribution is -2.19. The molecule has 0 saturated heterocycles. The van der Waals surface area contributed by atoms with Gasteiger partial charge in [0.1, 0.15) is 23.9 Å². The van der Waals surface area contributed by atoms with Crippen LogP contribution in [-0.4, -0.2) is 17.2 Å². The van der Waals surface area contributed by atoms with Gasteiger partial charge in [0.25, 0.3) is 5.91 Å². The lowest BCUT2D eigenvalue weighted by atomic mass is 9.98. The first-order chi connectivity index (χ1) is 10.4. The zero-order valence-corrected chi connectivity index (χ0v) is 11.5. The molecule has 22 heavy (non-hydrogen) atoms. The van der Waals surface area contributed by atoms with Gasteiger partial charge in [-0.25, -0.2) is 13.2 Å². The molecule has 0 aliphatic rings. The number of halogens is 3. The molecule has 2 aromatic carbocycles. The Morgan fingerprint density at radius 1 is 1.14 bits per heavy atom. The fourth-order valence-corrected chi connectivity index (χ4v) is 2.12.